The van der Waals surface area contributed by atoms with Gasteiger partial charge in [-0.3, -0.25) is 14.7 Å². The van der Waals surface area contributed by atoms with Gasteiger partial charge in [0.1, 0.15) is 0 Å². The van der Waals surface area contributed by atoms with Gasteiger partial charge in [0.2, 0.25) is 5.91 Å². The smallest absolute Gasteiger partial charge is 0.221 e. The topological polar surface area (TPSA) is 60.0 Å². The molecule has 2 atom stereocenters. The van der Waals surface area contributed by atoms with Crippen LogP contribution in [0.4, 0.5) is 0 Å². The molecular formula is C24H39N5O. The minimum absolute atomic E-state index is 0.0963. The number of nitrogens with zero attached hydrogens (tertiary/aromatic N) is 3. The number of carbonyl (C=O) groups excluding carboxylic acids is 1. The van der Waals surface area contributed by atoms with Crippen LogP contribution in [0.1, 0.15) is 51.5 Å². The van der Waals surface area contributed by atoms with E-state index < -0.39 is 0 Å². The average molecular weight is 414 g/mol. The van der Waals surface area contributed by atoms with Gasteiger partial charge >= 0.3 is 0 Å². The minimum atomic E-state index is 0.0963. The molecule has 2 fully saturated rings. The largest absolute Gasteiger partial charge is 0.357 e. The molecule has 1 amide bonds. The Morgan fingerprint density at radius 3 is 2.73 bits per heavy atom. The standard InChI is InChI=1S/C24H39N5O/c1-3-14-26-23(30)12-15-27-24(25-4-2)29-17-13-22-21(19-29)11-8-16-28(22)18-20-9-6-5-7-10-20/h5-7,9-10,21-22H,3-4,8,11-19H2,1-2H3,(H,25,27)(H,26,30). The number of fused-ring (bicyclic) bond motifs is 1. The van der Waals surface area contributed by atoms with Crippen molar-refractivity contribution in [2.24, 2.45) is 10.9 Å². The van der Waals surface area contributed by atoms with Crippen LogP contribution in [0.15, 0.2) is 35.3 Å². The number of rotatable bonds is 8. The fourth-order valence-electron chi connectivity index (χ4n) is 4.76. The molecule has 0 radical (unpaired) electrons. The van der Waals surface area contributed by atoms with Crippen LogP contribution in [0.5, 0.6) is 0 Å². The van der Waals surface area contributed by atoms with E-state index in [0.717, 1.165) is 45.1 Å². The Hall–Kier alpha value is -2.08. The summed E-state index contributed by atoms with van der Waals surface area (Å²) >= 11 is 0. The molecule has 2 heterocycles. The Labute approximate surface area is 182 Å². The lowest BCUT2D eigenvalue weighted by atomic mass is 9.83. The van der Waals surface area contributed by atoms with Crippen LogP contribution in [0.25, 0.3) is 0 Å². The van der Waals surface area contributed by atoms with Gasteiger partial charge in [0.15, 0.2) is 5.96 Å². The fraction of sp³-hybridized carbons (Fsp3) is 0.667. The first-order chi connectivity index (χ1) is 14.7. The lowest BCUT2D eigenvalue weighted by molar-refractivity contribution is -0.120. The molecule has 0 aromatic heterocycles. The molecule has 0 saturated carbocycles. The molecule has 1 aromatic carbocycles. The Kier molecular flexibility index (Phi) is 9.00. The van der Waals surface area contributed by atoms with Crippen LogP contribution in [-0.2, 0) is 11.3 Å². The Morgan fingerprint density at radius 1 is 1.13 bits per heavy atom. The molecule has 2 aliphatic heterocycles. The second-order valence-electron chi connectivity index (χ2n) is 8.50. The normalized spacial score (nSPS) is 22.5. The number of nitrogens with one attached hydrogen (secondary N) is 2. The summed E-state index contributed by atoms with van der Waals surface area (Å²) in [6.45, 7) is 10.7. The number of likely N-dealkylation sites (tertiary alicyclic amines) is 2. The van der Waals surface area contributed by atoms with Gasteiger partial charge in [-0.25, -0.2) is 0 Å². The quantitative estimate of drug-likeness (QED) is 0.508. The van der Waals surface area contributed by atoms with E-state index in [1.807, 2.05) is 0 Å². The molecule has 0 aliphatic carbocycles. The van der Waals surface area contributed by atoms with Gasteiger partial charge in [-0.05, 0) is 50.6 Å². The van der Waals surface area contributed by atoms with Crippen molar-refractivity contribution in [3.63, 3.8) is 0 Å². The van der Waals surface area contributed by atoms with Gasteiger partial charge < -0.3 is 15.5 Å². The maximum Gasteiger partial charge on any atom is 0.221 e. The Morgan fingerprint density at radius 2 is 1.97 bits per heavy atom. The molecule has 6 heteroatoms. The van der Waals surface area contributed by atoms with Crippen LogP contribution < -0.4 is 10.6 Å². The lowest BCUT2D eigenvalue weighted by Gasteiger charge is -2.48. The number of hydrogen-bond donors (Lipinski definition) is 2. The summed E-state index contributed by atoms with van der Waals surface area (Å²) in [6, 6.07) is 11.5. The van der Waals surface area contributed by atoms with Crippen molar-refractivity contribution in [3.8, 4) is 0 Å². The molecular weight excluding hydrogens is 374 g/mol. The number of carbonyl (C=O) groups is 1. The predicted octanol–water partition coefficient (Wildman–Crippen LogP) is 2.85. The summed E-state index contributed by atoms with van der Waals surface area (Å²) in [5.74, 6) is 1.76. The molecule has 2 unspecified atom stereocenters. The van der Waals surface area contributed by atoms with Crippen molar-refractivity contribution < 1.29 is 4.79 Å². The van der Waals surface area contributed by atoms with Crippen LogP contribution in [-0.4, -0.2) is 67.0 Å². The minimum Gasteiger partial charge on any atom is -0.357 e. The predicted molar refractivity (Wildman–Crippen MR) is 123 cm³/mol. The molecule has 0 bridgehead atoms. The first kappa shape index (κ1) is 22.6. The van der Waals surface area contributed by atoms with Crippen LogP contribution >= 0.6 is 0 Å². The highest BCUT2D eigenvalue weighted by Crippen LogP contribution is 2.31. The summed E-state index contributed by atoms with van der Waals surface area (Å²) in [7, 11) is 0. The molecule has 2 aliphatic rings. The zero-order valence-electron chi connectivity index (χ0n) is 18.8. The van der Waals surface area contributed by atoms with Crippen molar-refractivity contribution >= 4 is 11.9 Å². The van der Waals surface area contributed by atoms with Gasteiger partial charge in [-0.1, -0.05) is 37.3 Å². The first-order valence-electron chi connectivity index (χ1n) is 11.8. The second-order valence-corrected chi connectivity index (χ2v) is 8.50. The van der Waals surface area contributed by atoms with E-state index >= 15 is 0 Å². The highest BCUT2D eigenvalue weighted by Gasteiger charge is 2.36. The van der Waals surface area contributed by atoms with E-state index in [9.17, 15) is 4.79 Å². The SMILES string of the molecule is CCCNC(=O)CCN=C(NCC)N1CCC2C(CCCN2Cc2ccccc2)C1. The number of benzene rings is 1. The molecule has 30 heavy (non-hydrogen) atoms. The monoisotopic (exact) mass is 413 g/mol. The van der Waals surface area contributed by atoms with Crippen molar-refractivity contribution in [1.82, 2.24) is 20.4 Å². The van der Waals surface area contributed by atoms with Crippen LogP contribution in [0.3, 0.4) is 0 Å². The Bertz CT molecular complexity index is 677. The summed E-state index contributed by atoms with van der Waals surface area (Å²) in [5.41, 5.74) is 1.41. The number of guanidine groups is 1. The van der Waals surface area contributed by atoms with Crippen molar-refractivity contribution in [2.45, 2.75) is 58.5 Å². The fourth-order valence-corrected chi connectivity index (χ4v) is 4.76. The highest BCUT2D eigenvalue weighted by molar-refractivity contribution is 5.81. The van der Waals surface area contributed by atoms with E-state index in [1.165, 1.54) is 31.4 Å². The number of aliphatic imine (C=N–C) groups is 1. The van der Waals surface area contributed by atoms with E-state index in [4.69, 9.17) is 4.99 Å². The van der Waals surface area contributed by atoms with Crippen molar-refractivity contribution in [1.29, 1.82) is 0 Å². The molecule has 0 spiro atoms. The van der Waals surface area contributed by atoms with E-state index in [-0.39, 0.29) is 5.91 Å². The first-order valence-corrected chi connectivity index (χ1v) is 11.8. The Balaban J connectivity index is 1.56. The van der Waals surface area contributed by atoms with Gasteiger partial charge in [-0.2, -0.15) is 0 Å². The maximum atomic E-state index is 11.9. The maximum absolute atomic E-state index is 11.9. The molecule has 3 rings (SSSR count). The van der Waals surface area contributed by atoms with E-state index in [1.54, 1.807) is 0 Å². The summed E-state index contributed by atoms with van der Waals surface area (Å²) < 4.78 is 0. The molecule has 2 saturated heterocycles. The number of piperidine rings is 2. The van der Waals surface area contributed by atoms with Gasteiger partial charge in [0.05, 0.1) is 6.54 Å². The van der Waals surface area contributed by atoms with Gasteiger partial charge in [0.25, 0.3) is 0 Å². The molecule has 2 N–H and O–H groups in total. The summed E-state index contributed by atoms with van der Waals surface area (Å²) in [4.78, 5) is 21.8. The highest BCUT2D eigenvalue weighted by atomic mass is 16.1. The van der Waals surface area contributed by atoms with Crippen molar-refractivity contribution in [2.75, 3.05) is 39.3 Å². The third-order valence-electron chi connectivity index (χ3n) is 6.22. The van der Waals surface area contributed by atoms with Crippen molar-refractivity contribution in [3.05, 3.63) is 35.9 Å². The third-order valence-corrected chi connectivity index (χ3v) is 6.22. The number of hydrogen-bond acceptors (Lipinski definition) is 3. The van der Waals surface area contributed by atoms with Crippen LogP contribution in [0, 0.1) is 5.92 Å². The van der Waals surface area contributed by atoms with Gasteiger partial charge in [-0.15, -0.1) is 0 Å². The molecule has 1 aromatic rings. The molecule has 166 valence electrons. The average Bonchev–Trinajstić information content (AvgIpc) is 2.77. The van der Waals surface area contributed by atoms with E-state index in [0.29, 0.717) is 24.9 Å². The zero-order valence-corrected chi connectivity index (χ0v) is 18.8. The zero-order chi connectivity index (χ0) is 21.2. The third kappa shape index (κ3) is 6.46. The summed E-state index contributed by atoms with van der Waals surface area (Å²) in [6.07, 6.45) is 5.17. The number of amides is 1. The van der Waals surface area contributed by atoms with Crippen LogP contribution in [0.2, 0.25) is 0 Å². The molecule has 6 nitrogen and oxygen atoms in total. The second kappa shape index (κ2) is 11.9. The summed E-state index contributed by atoms with van der Waals surface area (Å²) in [5, 5.41) is 6.38. The van der Waals surface area contributed by atoms with Gasteiger partial charge in [0, 0.05) is 45.2 Å². The van der Waals surface area contributed by atoms with E-state index in [2.05, 4.69) is 64.6 Å². The lowest BCUT2D eigenvalue weighted by Crippen LogP contribution is -2.56.